The van der Waals surface area contributed by atoms with Crippen LogP contribution < -0.4 is 10.5 Å². The van der Waals surface area contributed by atoms with Crippen molar-refractivity contribution in [3.05, 3.63) is 78.1 Å². The van der Waals surface area contributed by atoms with Crippen molar-refractivity contribution in [1.82, 2.24) is 9.97 Å². The number of hydrogen-bond donors (Lipinski definition) is 1. The van der Waals surface area contributed by atoms with Gasteiger partial charge in [0, 0.05) is 0 Å². The smallest absolute Gasteiger partial charge is 0.237 e. The molecule has 2 N–H and O–H groups in total. The number of ether oxygens (including phenoxy) is 1. The maximum Gasteiger partial charge on any atom is 0.237 e. The first kappa shape index (κ1) is 13.1. The fourth-order valence-corrected chi connectivity index (χ4v) is 2.01. The van der Waals surface area contributed by atoms with E-state index in [0.717, 1.165) is 12.2 Å². The number of nitrogens with zero attached hydrogens (tertiary/aromatic N) is 2. The van der Waals surface area contributed by atoms with Gasteiger partial charge in [-0.2, -0.15) is 0 Å². The van der Waals surface area contributed by atoms with E-state index in [1.165, 1.54) is 23.5 Å². The summed E-state index contributed by atoms with van der Waals surface area (Å²) in [5.41, 5.74) is 8.00. The van der Waals surface area contributed by atoms with Gasteiger partial charge in [0.05, 0.1) is 12.4 Å². The Morgan fingerprint density at radius 2 is 1.52 bits per heavy atom. The fraction of sp³-hybridized carbons (Fsp3) is 0.0588. The summed E-state index contributed by atoms with van der Waals surface area (Å²) in [4.78, 5) is 7.99. The Labute approximate surface area is 123 Å². The first-order chi connectivity index (χ1) is 10.3. The molecule has 3 rings (SSSR count). The van der Waals surface area contributed by atoms with E-state index in [-0.39, 0.29) is 0 Å². The number of aromatic nitrogens is 2. The first-order valence-electron chi connectivity index (χ1n) is 6.68. The van der Waals surface area contributed by atoms with Crippen LogP contribution in [0.2, 0.25) is 0 Å². The molecule has 1 aromatic heterocycles. The Morgan fingerprint density at radius 3 is 2.19 bits per heavy atom. The van der Waals surface area contributed by atoms with Gasteiger partial charge in [-0.1, -0.05) is 42.5 Å². The maximum atomic E-state index is 5.61. The van der Waals surface area contributed by atoms with Gasteiger partial charge < -0.3 is 10.5 Å². The molecule has 0 aliphatic carbocycles. The molecular formula is C17H15N3O. The van der Waals surface area contributed by atoms with Crippen molar-refractivity contribution in [2.75, 3.05) is 5.73 Å². The van der Waals surface area contributed by atoms with Crippen LogP contribution in [0.5, 0.6) is 11.6 Å². The predicted molar refractivity (Wildman–Crippen MR) is 82.2 cm³/mol. The molecule has 0 aliphatic rings. The second-order valence-corrected chi connectivity index (χ2v) is 4.69. The van der Waals surface area contributed by atoms with Crippen LogP contribution in [0, 0.1) is 0 Å². The minimum Gasteiger partial charge on any atom is -0.438 e. The van der Waals surface area contributed by atoms with Crippen molar-refractivity contribution in [3.63, 3.8) is 0 Å². The lowest BCUT2D eigenvalue weighted by Crippen LogP contribution is -1.94. The zero-order valence-electron chi connectivity index (χ0n) is 11.4. The molecule has 2 aromatic carbocycles. The molecule has 0 amide bonds. The van der Waals surface area contributed by atoms with Gasteiger partial charge in [-0.3, -0.25) is 0 Å². The van der Waals surface area contributed by atoms with Crippen LogP contribution in [0.1, 0.15) is 11.1 Å². The van der Waals surface area contributed by atoms with E-state index >= 15 is 0 Å². The van der Waals surface area contributed by atoms with Gasteiger partial charge in [0.15, 0.2) is 0 Å². The van der Waals surface area contributed by atoms with E-state index in [4.69, 9.17) is 10.5 Å². The van der Waals surface area contributed by atoms with Crippen LogP contribution >= 0.6 is 0 Å². The van der Waals surface area contributed by atoms with Crippen molar-refractivity contribution in [2.24, 2.45) is 0 Å². The second kappa shape index (κ2) is 6.05. The van der Waals surface area contributed by atoms with E-state index in [1.54, 1.807) is 0 Å². The zero-order valence-corrected chi connectivity index (χ0v) is 11.4. The van der Waals surface area contributed by atoms with Gasteiger partial charge in [0.1, 0.15) is 11.6 Å². The first-order valence-corrected chi connectivity index (χ1v) is 6.68. The van der Waals surface area contributed by atoms with E-state index in [0.29, 0.717) is 11.7 Å². The van der Waals surface area contributed by atoms with Crippen molar-refractivity contribution in [3.8, 4) is 11.6 Å². The third-order valence-corrected chi connectivity index (χ3v) is 3.04. The molecule has 0 saturated carbocycles. The third-order valence-electron chi connectivity index (χ3n) is 3.04. The highest BCUT2D eigenvalue weighted by Crippen LogP contribution is 2.20. The van der Waals surface area contributed by atoms with Crippen LogP contribution in [0.4, 0.5) is 5.82 Å². The minimum atomic E-state index is 0.376. The number of nitrogens with two attached hydrogens (primary N) is 1. The molecule has 0 saturated heterocycles. The minimum absolute atomic E-state index is 0.376. The molecule has 0 aliphatic heterocycles. The van der Waals surface area contributed by atoms with Gasteiger partial charge in [-0.25, -0.2) is 9.97 Å². The molecule has 4 nitrogen and oxygen atoms in total. The Hall–Kier alpha value is -2.88. The van der Waals surface area contributed by atoms with Crippen molar-refractivity contribution >= 4 is 5.82 Å². The van der Waals surface area contributed by atoms with Crippen molar-refractivity contribution in [1.29, 1.82) is 0 Å². The standard InChI is InChI=1S/C17H15N3O/c18-16-11-20-17(12-19-16)21-15-8-6-14(7-9-15)10-13-4-2-1-3-5-13/h1-9,11-12H,10H2,(H2,18,19). The van der Waals surface area contributed by atoms with E-state index < -0.39 is 0 Å². The van der Waals surface area contributed by atoms with E-state index in [1.807, 2.05) is 42.5 Å². The van der Waals surface area contributed by atoms with Crippen molar-refractivity contribution in [2.45, 2.75) is 6.42 Å². The fourth-order valence-electron chi connectivity index (χ4n) is 2.01. The number of nitrogen functional groups attached to an aromatic ring is 1. The number of benzene rings is 2. The third kappa shape index (κ3) is 3.57. The molecule has 4 heteroatoms. The summed E-state index contributed by atoms with van der Waals surface area (Å²) >= 11 is 0. The molecule has 3 aromatic rings. The van der Waals surface area contributed by atoms with E-state index in [9.17, 15) is 0 Å². The van der Waals surface area contributed by atoms with Gasteiger partial charge in [-0.05, 0) is 29.7 Å². The maximum absolute atomic E-state index is 5.61. The molecule has 21 heavy (non-hydrogen) atoms. The Bertz CT molecular complexity index is 694. The lowest BCUT2D eigenvalue weighted by atomic mass is 10.1. The summed E-state index contributed by atoms with van der Waals surface area (Å²) in [7, 11) is 0. The highest BCUT2D eigenvalue weighted by molar-refractivity contribution is 5.33. The van der Waals surface area contributed by atoms with Gasteiger partial charge in [-0.15, -0.1) is 0 Å². The monoisotopic (exact) mass is 277 g/mol. The average Bonchev–Trinajstić information content (AvgIpc) is 2.53. The number of hydrogen-bond acceptors (Lipinski definition) is 4. The lowest BCUT2D eigenvalue weighted by Gasteiger charge is -2.06. The molecule has 0 fully saturated rings. The molecule has 0 atom stereocenters. The summed E-state index contributed by atoms with van der Waals surface area (Å²) in [6.45, 7) is 0. The summed E-state index contributed by atoms with van der Waals surface area (Å²) in [5.74, 6) is 1.53. The summed E-state index contributed by atoms with van der Waals surface area (Å²) in [6, 6.07) is 18.3. The number of rotatable bonds is 4. The molecular weight excluding hydrogens is 262 g/mol. The lowest BCUT2D eigenvalue weighted by molar-refractivity contribution is 0.460. The summed E-state index contributed by atoms with van der Waals surface area (Å²) in [6.07, 6.45) is 3.88. The van der Waals surface area contributed by atoms with Gasteiger partial charge >= 0.3 is 0 Å². The van der Waals surface area contributed by atoms with E-state index in [2.05, 4.69) is 22.1 Å². The number of anilines is 1. The van der Waals surface area contributed by atoms with Crippen LogP contribution in [0.15, 0.2) is 67.0 Å². The molecule has 0 bridgehead atoms. The molecule has 104 valence electrons. The molecule has 0 radical (unpaired) electrons. The Balaban J connectivity index is 1.68. The molecule has 1 heterocycles. The highest BCUT2D eigenvalue weighted by Gasteiger charge is 2.00. The highest BCUT2D eigenvalue weighted by atomic mass is 16.5. The average molecular weight is 277 g/mol. The van der Waals surface area contributed by atoms with Crippen LogP contribution in [-0.2, 0) is 6.42 Å². The van der Waals surface area contributed by atoms with Crippen LogP contribution in [0.25, 0.3) is 0 Å². The van der Waals surface area contributed by atoms with Crippen LogP contribution in [-0.4, -0.2) is 9.97 Å². The van der Waals surface area contributed by atoms with Crippen molar-refractivity contribution < 1.29 is 4.74 Å². The summed E-state index contributed by atoms with van der Waals surface area (Å²) in [5, 5.41) is 0. The Morgan fingerprint density at radius 1 is 0.810 bits per heavy atom. The SMILES string of the molecule is Nc1cnc(Oc2ccc(Cc3ccccc3)cc2)cn1. The quantitative estimate of drug-likeness (QED) is 0.793. The predicted octanol–water partition coefficient (Wildman–Crippen LogP) is 3.44. The largest absolute Gasteiger partial charge is 0.438 e. The normalized spacial score (nSPS) is 10.3. The van der Waals surface area contributed by atoms with Crippen LogP contribution in [0.3, 0.4) is 0 Å². The molecule has 0 spiro atoms. The second-order valence-electron chi connectivity index (χ2n) is 4.69. The molecule has 0 unspecified atom stereocenters. The zero-order chi connectivity index (χ0) is 14.5. The summed E-state index contributed by atoms with van der Waals surface area (Å²) < 4.78 is 5.61. The Kier molecular flexibility index (Phi) is 3.78. The van der Waals surface area contributed by atoms with Gasteiger partial charge in [0.2, 0.25) is 5.88 Å². The topological polar surface area (TPSA) is 61.0 Å². The van der Waals surface area contributed by atoms with Gasteiger partial charge in [0.25, 0.3) is 0 Å².